The van der Waals surface area contributed by atoms with E-state index in [0.29, 0.717) is 0 Å². The molecule has 0 saturated carbocycles. The first-order chi connectivity index (χ1) is 7.26. The minimum atomic E-state index is -0.649. The van der Waals surface area contributed by atoms with E-state index in [-0.39, 0.29) is 10.6 Å². The van der Waals surface area contributed by atoms with Gasteiger partial charge in [-0.05, 0) is 33.0 Å². The van der Waals surface area contributed by atoms with Gasteiger partial charge in [0.25, 0.3) is 5.56 Å². The van der Waals surface area contributed by atoms with Crippen LogP contribution < -0.4 is 10.9 Å². The average molecular weight is 243 g/mol. The van der Waals surface area contributed by atoms with Gasteiger partial charge in [-0.15, -0.1) is 0 Å². The Bertz CT molecular complexity index is 469. The van der Waals surface area contributed by atoms with E-state index >= 15 is 0 Å². The maximum Gasteiger partial charge on any atom is 0.413 e. The molecular weight excluding hydrogens is 230 g/mol. The van der Waals surface area contributed by atoms with Crippen LogP contribution in [-0.4, -0.2) is 21.7 Å². The predicted molar refractivity (Wildman–Crippen MR) is 62.1 cm³/mol. The second-order valence-electron chi connectivity index (χ2n) is 4.13. The van der Waals surface area contributed by atoms with Gasteiger partial charge in [-0.3, -0.25) is 15.1 Å². The molecule has 1 aromatic rings. The van der Waals surface area contributed by atoms with Gasteiger partial charge in [-0.2, -0.15) is 0 Å². The zero-order chi connectivity index (χ0) is 12.3. The summed E-state index contributed by atoms with van der Waals surface area (Å²) in [5, 5.41) is 2.38. The fourth-order valence-electron chi connectivity index (χ4n) is 0.950. The number of carbonyl (C=O) groups is 1. The van der Waals surface area contributed by atoms with Crippen molar-refractivity contribution >= 4 is 24.1 Å². The van der Waals surface area contributed by atoms with Gasteiger partial charge in [0, 0.05) is 6.07 Å². The molecule has 6 nitrogen and oxygen atoms in total. The minimum Gasteiger partial charge on any atom is -0.444 e. The van der Waals surface area contributed by atoms with Crippen LogP contribution in [0, 0.1) is 4.77 Å². The van der Waals surface area contributed by atoms with E-state index < -0.39 is 17.3 Å². The SMILES string of the molecule is CC(C)(C)OC(=O)Nc1cc(=O)[nH]c(=S)[nH]1. The molecule has 0 saturated heterocycles. The quantitative estimate of drug-likeness (QED) is 0.656. The van der Waals surface area contributed by atoms with Crippen LogP contribution >= 0.6 is 12.2 Å². The van der Waals surface area contributed by atoms with E-state index in [9.17, 15) is 9.59 Å². The molecule has 0 aliphatic carbocycles. The number of hydrogen-bond donors (Lipinski definition) is 3. The Morgan fingerprint density at radius 1 is 1.44 bits per heavy atom. The van der Waals surface area contributed by atoms with Gasteiger partial charge in [0.2, 0.25) is 0 Å². The molecule has 0 spiro atoms. The van der Waals surface area contributed by atoms with Crippen molar-refractivity contribution in [2.45, 2.75) is 26.4 Å². The summed E-state index contributed by atoms with van der Waals surface area (Å²) in [7, 11) is 0. The number of carbonyl (C=O) groups excluding carboxylic acids is 1. The Hall–Kier alpha value is -1.63. The smallest absolute Gasteiger partial charge is 0.413 e. The summed E-state index contributed by atoms with van der Waals surface area (Å²) in [6, 6.07) is 1.18. The van der Waals surface area contributed by atoms with Gasteiger partial charge < -0.3 is 9.72 Å². The maximum absolute atomic E-state index is 11.4. The summed E-state index contributed by atoms with van der Waals surface area (Å²) in [5.41, 5.74) is -0.989. The van der Waals surface area contributed by atoms with Crippen LogP contribution in [0.3, 0.4) is 0 Å². The molecule has 0 bridgehead atoms. The summed E-state index contributed by atoms with van der Waals surface area (Å²) in [4.78, 5) is 27.4. The molecule has 3 N–H and O–H groups in total. The third-order valence-electron chi connectivity index (χ3n) is 1.40. The molecule has 0 fully saturated rings. The highest BCUT2D eigenvalue weighted by Gasteiger charge is 2.16. The van der Waals surface area contributed by atoms with E-state index in [4.69, 9.17) is 17.0 Å². The van der Waals surface area contributed by atoms with Crippen molar-refractivity contribution in [1.82, 2.24) is 9.97 Å². The fourth-order valence-corrected chi connectivity index (χ4v) is 1.16. The summed E-state index contributed by atoms with van der Waals surface area (Å²) < 4.78 is 5.14. The Morgan fingerprint density at radius 2 is 2.06 bits per heavy atom. The Labute approximate surface area is 97.0 Å². The van der Waals surface area contributed by atoms with Crippen LogP contribution in [0.5, 0.6) is 0 Å². The number of anilines is 1. The monoisotopic (exact) mass is 243 g/mol. The van der Waals surface area contributed by atoms with Crippen LogP contribution in [-0.2, 0) is 4.74 Å². The first-order valence-electron chi connectivity index (χ1n) is 4.60. The summed E-state index contributed by atoms with van der Waals surface area (Å²) in [6.07, 6.45) is -0.649. The second-order valence-corrected chi connectivity index (χ2v) is 4.54. The van der Waals surface area contributed by atoms with Crippen molar-refractivity contribution in [1.29, 1.82) is 0 Å². The van der Waals surface area contributed by atoms with E-state index in [1.54, 1.807) is 20.8 Å². The molecule has 1 amide bonds. The highest BCUT2D eigenvalue weighted by atomic mass is 32.1. The number of amides is 1. The Kier molecular flexibility index (Phi) is 3.48. The molecule has 16 heavy (non-hydrogen) atoms. The first-order valence-corrected chi connectivity index (χ1v) is 5.01. The summed E-state index contributed by atoms with van der Waals surface area (Å²) in [6.45, 7) is 5.23. The topological polar surface area (TPSA) is 87.0 Å². The molecule has 0 aliphatic rings. The molecular formula is C9H13N3O3S. The van der Waals surface area contributed by atoms with Crippen LogP contribution in [0.1, 0.15) is 20.8 Å². The number of aromatic amines is 2. The zero-order valence-electron chi connectivity index (χ0n) is 9.21. The standard InChI is InChI=1S/C9H13N3O3S/c1-9(2,3)15-8(14)11-5-4-6(13)12-7(16)10-5/h4H,1-3H3,(H3,10,11,12,13,14,16). The molecule has 1 aromatic heterocycles. The number of ether oxygens (including phenoxy) is 1. The molecule has 1 heterocycles. The number of hydrogen-bond acceptors (Lipinski definition) is 4. The predicted octanol–water partition coefficient (Wildman–Crippen LogP) is 1.78. The minimum absolute atomic E-state index is 0.138. The van der Waals surface area contributed by atoms with Crippen LogP contribution in [0.25, 0.3) is 0 Å². The molecule has 1 rings (SSSR count). The van der Waals surface area contributed by atoms with Gasteiger partial charge >= 0.3 is 6.09 Å². The zero-order valence-corrected chi connectivity index (χ0v) is 10.0. The summed E-state index contributed by atoms with van der Waals surface area (Å²) >= 11 is 4.75. The van der Waals surface area contributed by atoms with E-state index in [1.807, 2.05) is 0 Å². The molecule has 0 unspecified atom stereocenters. The van der Waals surface area contributed by atoms with Gasteiger partial charge in [0.05, 0.1) is 0 Å². The van der Waals surface area contributed by atoms with Crippen molar-refractivity contribution < 1.29 is 9.53 Å². The third-order valence-corrected chi connectivity index (χ3v) is 1.60. The summed E-state index contributed by atoms with van der Waals surface area (Å²) in [5.74, 6) is 0.197. The van der Waals surface area contributed by atoms with Crippen LogP contribution in [0.4, 0.5) is 10.6 Å². The van der Waals surface area contributed by atoms with Crippen molar-refractivity contribution in [3.8, 4) is 0 Å². The number of H-pyrrole nitrogens is 2. The lowest BCUT2D eigenvalue weighted by atomic mass is 10.2. The maximum atomic E-state index is 11.4. The molecule has 0 radical (unpaired) electrons. The normalized spacial score (nSPS) is 10.9. The van der Waals surface area contributed by atoms with Crippen molar-refractivity contribution in [3.63, 3.8) is 0 Å². The van der Waals surface area contributed by atoms with E-state index in [2.05, 4.69) is 15.3 Å². The molecule has 88 valence electrons. The largest absolute Gasteiger partial charge is 0.444 e. The lowest BCUT2D eigenvalue weighted by molar-refractivity contribution is 0.0635. The second kappa shape index (κ2) is 4.48. The first kappa shape index (κ1) is 12.4. The lowest BCUT2D eigenvalue weighted by Crippen LogP contribution is -2.28. The molecule has 0 aliphatic heterocycles. The van der Waals surface area contributed by atoms with Crippen molar-refractivity contribution in [2.75, 3.05) is 5.32 Å². The van der Waals surface area contributed by atoms with Gasteiger partial charge in [0.1, 0.15) is 11.4 Å². The van der Waals surface area contributed by atoms with Crippen molar-refractivity contribution in [3.05, 3.63) is 21.2 Å². The van der Waals surface area contributed by atoms with E-state index in [0.717, 1.165) is 0 Å². The van der Waals surface area contributed by atoms with Crippen LogP contribution in [0.15, 0.2) is 10.9 Å². The lowest BCUT2D eigenvalue weighted by Gasteiger charge is -2.19. The highest BCUT2D eigenvalue weighted by Crippen LogP contribution is 2.08. The number of aromatic nitrogens is 2. The van der Waals surface area contributed by atoms with E-state index in [1.165, 1.54) is 6.07 Å². The Balaban J connectivity index is 2.78. The number of rotatable bonds is 1. The van der Waals surface area contributed by atoms with Crippen LogP contribution in [0.2, 0.25) is 0 Å². The molecule has 0 atom stereocenters. The van der Waals surface area contributed by atoms with Gasteiger partial charge in [-0.25, -0.2) is 4.79 Å². The molecule has 7 heteroatoms. The molecule has 0 aromatic carbocycles. The Morgan fingerprint density at radius 3 is 2.56 bits per heavy atom. The highest BCUT2D eigenvalue weighted by molar-refractivity contribution is 7.71. The fraction of sp³-hybridized carbons (Fsp3) is 0.444. The van der Waals surface area contributed by atoms with Gasteiger partial charge in [0.15, 0.2) is 4.77 Å². The third kappa shape index (κ3) is 4.26. The van der Waals surface area contributed by atoms with Crippen molar-refractivity contribution in [2.24, 2.45) is 0 Å². The van der Waals surface area contributed by atoms with Gasteiger partial charge in [-0.1, -0.05) is 0 Å². The average Bonchev–Trinajstić information content (AvgIpc) is 1.96. The number of nitrogens with one attached hydrogen (secondary N) is 3.